The van der Waals surface area contributed by atoms with Crippen LogP contribution in [0.5, 0.6) is 5.75 Å². The lowest BCUT2D eigenvalue weighted by atomic mass is 9.83. The summed E-state index contributed by atoms with van der Waals surface area (Å²) in [5, 5.41) is 0. The standard InChI is InChI=1S/C25H29F3N2O2/c1-32-21-7-4-5-18(15-21)11-14-30-23-12-13-29(17-20(23)9-10-24(30)31)16-19-6-2-3-8-22(19)25(26,27)28/h2-8,15,20,23H,9-14,16-17H2,1H3/t20-,23+/m1/s1. The Bertz CT molecular complexity index is 947. The van der Waals surface area contributed by atoms with Gasteiger partial charge in [-0.05, 0) is 54.5 Å². The van der Waals surface area contributed by atoms with E-state index in [0.717, 1.165) is 43.2 Å². The number of fused-ring (bicyclic) bond motifs is 1. The van der Waals surface area contributed by atoms with E-state index in [4.69, 9.17) is 4.74 Å². The second-order valence-electron chi connectivity index (χ2n) is 8.73. The van der Waals surface area contributed by atoms with Crippen molar-refractivity contribution >= 4 is 5.91 Å². The first-order chi connectivity index (χ1) is 15.3. The maximum atomic E-state index is 13.4. The first-order valence-corrected chi connectivity index (χ1v) is 11.1. The van der Waals surface area contributed by atoms with Gasteiger partial charge in [-0.15, -0.1) is 0 Å². The van der Waals surface area contributed by atoms with E-state index in [2.05, 4.69) is 4.90 Å². The molecular weight excluding hydrogens is 417 g/mol. The Morgan fingerprint density at radius 1 is 1.09 bits per heavy atom. The third-order valence-electron chi connectivity index (χ3n) is 6.72. The molecule has 2 atom stereocenters. The summed E-state index contributed by atoms with van der Waals surface area (Å²) in [6.07, 6.45) is -1.48. The molecule has 0 spiro atoms. The van der Waals surface area contributed by atoms with Gasteiger partial charge in [0.15, 0.2) is 0 Å². The zero-order valence-electron chi connectivity index (χ0n) is 18.3. The van der Waals surface area contributed by atoms with Crippen LogP contribution < -0.4 is 4.74 Å². The number of piperidine rings is 2. The van der Waals surface area contributed by atoms with Crippen LogP contribution in [-0.4, -0.2) is 48.5 Å². The van der Waals surface area contributed by atoms with Crippen molar-refractivity contribution in [3.63, 3.8) is 0 Å². The van der Waals surface area contributed by atoms with Crippen molar-refractivity contribution in [2.75, 3.05) is 26.7 Å². The molecule has 32 heavy (non-hydrogen) atoms. The maximum Gasteiger partial charge on any atom is 0.416 e. The van der Waals surface area contributed by atoms with E-state index in [9.17, 15) is 18.0 Å². The summed E-state index contributed by atoms with van der Waals surface area (Å²) in [7, 11) is 1.64. The smallest absolute Gasteiger partial charge is 0.416 e. The first kappa shape index (κ1) is 22.6. The highest BCUT2D eigenvalue weighted by atomic mass is 19.4. The van der Waals surface area contributed by atoms with E-state index in [-0.39, 0.29) is 18.5 Å². The maximum absolute atomic E-state index is 13.4. The molecule has 7 heteroatoms. The minimum Gasteiger partial charge on any atom is -0.497 e. The predicted molar refractivity (Wildman–Crippen MR) is 116 cm³/mol. The quantitative estimate of drug-likeness (QED) is 0.641. The van der Waals surface area contributed by atoms with E-state index < -0.39 is 11.7 Å². The van der Waals surface area contributed by atoms with Gasteiger partial charge < -0.3 is 9.64 Å². The first-order valence-electron chi connectivity index (χ1n) is 11.1. The van der Waals surface area contributed by atoms with E-state index in [1.54, 1.807) is 19.2 Å². The van der Waals surface area contributed by atoms with Gasteiger partial charge in [0.05, 0.1) is 12.7 Å². The van der Waals surface area contributed by atoms with Gasteiger partial charge in [-0.2, -0.15) is 13.2 Å². The van der Waals surface area contributed by atoms with Crippen molar-refractivity contribution in [2.24, 2.45) is 5.92 Å². The second-order valence-corrected chi connectivity index (χ2v) is 8.73. The number of carbonyl (C=O) groups excluding carboxylic acids is 1. The average molecular weight is 447 g/mol. The number of carbonyl (C=O) groups is 1. The van der Waals surface area contributed by atoms with Crippen molar-refractivity contribution in [3.8, 4) is 5.75 Å². The number of amides is 1. The van der Waals surface area contributed by atoms with Gasteiger partial charge in [0, 0.05) is 38.6 Å². The molecule has 0 bridgehead atoms. The highest BCUT2D eigenvalue weighted by Crippen LogP contribution is 2.35. The summed E-state index contributed by atoms with van der Waals surface area (Å²) in [4.78, 5) is 16.8. The van der Waals surface area contributed by atoms with Gasteiger partial charge in [0.25, 0.3) is 0 Å². The van der Waals surface area contributed by atoms with Crippen LogP contribution in [0.1, 0.15) is 36.0 Å². The van der Waals surface area contributed by atoms with Gasteiger partial charge in [-0.1, -0.05) is 30.3 Å². The van der Waals surface area contributed by atoms with Gasteiger partial charge in [0.2, 0.25) is 5.91 Å². The number of ether oxygens (including phenoxy) is 1. The molecule has 0 aliphatic carbocycles. The third kappa shape index (κ3) is 5.09. The Labute approximate surface area is 187 Å². The Balaban J connectivity index is 1.40. The summed E-state index contributed by atoms with van der Waals surface area (Å²) in [5.74, 6) is 1.28. The number of nitrogens with zero attached hydrogens (tertiary/aromatic N) is 2. The third-order valence-corrected chi connectivity index (χ3v) is 6.72. The fourth-order valence-corrected chi connectivity index (χ4v) is 5.11. The van der Waals surface area contributed by atoms with Crippen LogP contribution in [0.4, 0.5) is 13.2 Å². The number of hydrogen-bond acceptors (Lipinski definition) is 3. The normalized spacial score (nSPS) is 22.0. The van der Waals surface area contributed by atoms with Gasteiger partial charge in [0.1, 0.15) is 5.75 Å². The second kappa shape index (κ2) is 9.53. The van der Waals surface area contributed by atoms with E-state index in [1.165, 1.54) is 6.07 Å². The Hall–Kier alpha value is -2.54. The molecule has 172 valence electrons. The molecule has 2 aliphatic rings. The SMILES string of the molecule is COc1cccc(CCN2C(=O)CC[C@@H]3CN(Cc4ccccc4C(F)(F)F)CC[C@@H]32)c1. The zero-order chi connectivity index (χ0) is 22.7. The molecule has 0 aromatic heterocycles. The number of likely N-dealkylation sites (tertiary alicyclic amines) is 2. The van der Waals surface area contributed by atoms with Crippen LogP contribution in [-0.2, 0) is 23.9 Å². The lowest BCUT2D eigenvalue weighted by molar-refractivity contribution is -0.142. The highest BCUT2D eigenvalue weighted by molar-refractivity contribution is 5.77. The van der Waals surface area contributed by atoms with E-state index >= 15 is 0 Å². The molecule has 2 aliphatic heterocycles. The largest absolute Gasteiger partial charge is 0.497 e. The van der Waals surface area contributed by atoms with Crippen LogP contribution in [0.2, 0.25) is 0 Å². The zero-order valence-corrected chi connectivity index (χ0v) is 18.3. The minimum atomic E-state index is -4.34. The molecule has 2 heterocycles. The molecule has 4 rings (SSSR count). The summed E-state index contributed by atoms with van der Waals surface area (Å²) in [5.41, 5.74) is 0.890. The van der Waals surface area contributed by atoms with Gasteiger partial charge in [-0.3, -0.25) is 9.69 Å². The molecule has 0 unspecified atom stereocenters. The van der Waals surface area contributed by atoms with Crippen molar-refractivity contribution in [2.45, 2.75) is 44.4 Å². The number of alkyl halides is 3. The number of hydrogen-bond donors (Lipinski definition) is 0. The summed E-state index contributed by atoms with van der Waals surface area (Å²) in [6, 6.07) is 13.9. The topological polar surface area (TPSA) is 32.8 Å². The van der Waals surface area contributed by atoms with Crippen molar-refractivity contribution in [1.82, 2.24) is 9.80 Å². The van der Waals surface area contributed by atoms with Crippen molar-refractivity contribution < 1.29 is 22.7 Å². The molecule has 0 N–H and O–H groups in total. The number of benzene rings is 2. The van der Waals surface area contributed by atoms with Gasteiger partial charge >= 0.3 is 6.18 Å². The molecular formula is C25H29F3N2O2. The highest BCUT2D eigenvalue weighted by Gasteiger charge is 2.40. The Morgan fingerprint density at radius 2 is 1.91 bits per heavy atom. The van der Waals surface area contributed by atoms with Crippen molar-refractivity contribution in [1.29, 1.82) is 0 Å². The summed E-state index contributed by atoms with van der Waals surface area (Å²) < 4.78 is 45.4. The Kier molecular flexibility index (Phi) is 6.74. The summed E-state index contributed by atoms with van der Waals surface area (Å²) >= 11 is 0. The van der Waals surface area contributed by atoms with Crippen LogP contribution in [0.15, 0.2) is 48.5 Å². The monoisotopic (exact) mass is 446 g/mol. The summed E-state index contributed by atoms with van der Waals surface area (Å²) in [6.45, 7) is 2.36. The molecule has 0 radical (unpaired) electrons. The van der Waals surface area contributed by atoms with Crippen LogP contribution >= 0.6 is 0 Å². The lowest BCUT2D eigenvalue weighted by Gasteiger charge is -2.47. The fraction of sp³-hybridized carbons (Fsp3) is 0.480. The molecule has 0 saturated carbocycles. The lowest BCUT2D eigenvalue weighted by Crippen LogP contribution is -2.56. The van der Waals surface area contributed by atoms with Gasteiger partial charge in [-0.25, -0.2) is 0 Å². The van der Waals surface area contributed by atoms with E-state index in [0.29, 0.717) is 31.0 Å². The number of rotatable bonds is 6. The molecule has 1 amide bonds. The minimum absolute atomic E-state index is 0.163. The van der Waals surface area contributed by atoms with Crippen molar-refractivity contribution in [3.05, 3.63) is 65.2 Å². The van der Waals surface area contributed by atoms with Crippen LogP contribution in [0.25, 0.3) is 0 Å². The number of methoxy groups -OCH3 is 1. The van der Waals surface area contributed by atoms with E-state index in [1.807, 2.05) is 29.2 Å². The average Bonchev–Trinajstić information content (AvgIpc) is 2.78. The Morgan fingerprint density at radius 3 is 2.69 bits per heavy atom. The van der Waals surface area contributed by atoms with Crippen LogP contribution in [0, 0.1) is 5.92 Å². The number of halogens is 3. The van der Waals surface area contributed by atoms with Crippen LogP contribution in [0.3, 0.4) is 0 Å². The fourth-order valence-electron chi connectivity index (χ4n) is 5.11. The molecule has 2 aromatic carbocycles. The molecule has 4 nitrogen and oxygen atoms in total. The molecule has 2 fully saturated rings. The molecule has 2 aromatic rings. The predicted octanol–water partition coefficient (Wildman–Crippen LogP) is 4.77. The molecule has 2 saturated heterocycles.